The first-order valence-electron chi connectivity index (χ1n) is 9.15. The van der Waals surface area contributed by atoms with E-state index in [1.165, 1.54) is 5.56 Å². The van der Waals surface area contributed by atoms with Crippen molar-refractivity contribution in [1.82, 2.24) is 5.16 Å². The lowest BCUT2D eigenvalue weighted by molar-refractivity contribution is 0.101. The number of rotatable bonds is 7. The van der Waals surface area contributed by atoms with Crippen molar-refractivity contribution >= 4 is 11.6 Å². The molecule has 3 aromatic rings. The van der Waals surface area contributed by atoms with Gasteiger partial charge in [-0.25, -0.2) is 0 Å². The molecule has 27 heavy (non-hydrogen) atoms. The summed E-state index contributed by atoms with van der Waals surface area (Å²) < 4.78 is 11.0. The molecule has 0 aliphatic carbocycles. The van der Waals surface area contributed by atoms with E-state index in [1.807, 2.05) is 56.3 Å². The maximum Gasteiger partial charge on any atom is 0.277 e. The average molecular weight is 364 g/mol. The van der Waals surface area contributed by atoms with Crippen LogP contribution in [0.2, 0.25) is 0 Å². The zero-order valence-corrected chi connectivity index (χ0v) is 15.9. The van der Waals surface area contributed by atoms with Crippen molar-refractivity contribution in [1.29, 1.82) is 0 Å². The lowest BCUT2D eigenvalue weighted by atomic mass is 10.1. The SMILES string of the molecule is CCCCOc1ccc(-c2cc(C(=O)Nc3ccc(C)c(C)c3)no2)cc1. The molecule has 0 atom stereocenters. The smallest absolute Gasteiger partial charge is 0.277 e. The number of amides is 1. The molecule has 0 saturated carbocycles. The molecule has 5 nitrogen and oxygen atoms in total. The van der Waals surface area contributed by atoms with Crippen LogP contribution in [-0.4, -0.2) is 17.7 Å². The van der Waals surface area contributed by atoms with Crippen molar-refractivity contribution < 1.29 is 14.1 Å². The van der Waals surface area contributed by atoms with E-state index < -0.39 is 0 Å². The minimum absolute atomic E-state index is 0.242. The van der Waals surface area contributed by atoms with Gasteiger partial charge >= 0.3 is 0 Å². The Morgan fingerprint density at radius 2 is 1.85 bits per heavy atom. The second-order valence-corrected chi connectivity index (χ2v) is 6.56. The van der Waals surface area contributed by atoms with Crippen LogP contribution >= 0.6 is 0 Å². The summed E-state index contributed by atoms with van der Waals surface area (Å²) in [5, 5.41) is 6.74. The molecule has 0 aliphatic rings. The summed E-state index contributed by atoms with van der Waals surface area (Å²) in [5.41, 5.74) is 4.12. The zero-order chi connectivity index (χ0) is 19.2. The standard InChI is InChI=1S/C22H24N2O3/c1-4-5-12-26-19-10-7-17(8-11-19)21-14-20(24-27-21)22(25)23-18-9-6-15(2)16(3)13-18/h6-11,13-14H,4-5,12H2,1-3H3,(H,23,25). The van der Waals surface area contributed by atoms with Gasteiger partial charge in [0.2, 0.25) is 0 Å². The molecule has 0 aliphatic heterocycles. The van der Waals surface area contributed by atoms with Gasteiger partial charge in [0.05, 0.1) is 6.61 Å². The molecule has 0 unspecified atom stereocenters. The van der Waals surface area contributed by atoms with Crippen LogP contribution in [0.3, 0.4) is 0 Å². The summed E-state index contributed by atoms with van der Waals surface area (Å²) in [6.07, 6.45) is 2.13. The zero-order valence-electron chi connectivity index (χ0n) is 15.9. The molecular weight excluding hydrogens is 340 g/mol. The molecule has 3 rings (SSSR count). The van der Waals surface area contributed by atoms with Crippen LogP contribution in [0.15, 0.2) is 53.1 Å². The van der Waals surface area contributed by atoms with Crippen LogP contribution in [0, 0.1) is 13.8 Å². The van der Waals surface area contributed by atoms with Gasteiger partial charge in [-0.15, -0.1) is 0 Å². The summed E-state index contributed by atoms with van der Waals surface area (Å²) >= 11 is 0. The fourth-order valence-corrected chi connectivity index (χ4v) is 2.58. The molecule has 1 aromatic heterocycles. The fourth-order valence-electron chi connectivity index (χ4n) is 2.58. The van der Waals surface area contributed by atoms with E-state index in [0.29, 0.717) is 12.4 Å². The van der Waals surface area contributed by atoms with E-state index in [4.69, 9.17) is 9.26 Å². The maximum absolute atomic E-state index is 12.4. The summed E-state index contributed by atoms with van der Waals surface area (Å²) in [6, 6.07) is 15.0. The number of aryl methyl sites for hydroxylation is 2. The summed E-state index contributed by atoms with van der Waals surface area (Å²) in [4.78, 5) is 12.4. The summed E-state index contributed by atoms with van der Waals surface area (Å²) in [7, 11) is 0. The predicted molar refractivity (Wildman–Crippen MR) is 106 cm³/mol. The number of nitrogens with one attached hydrogen (secondary N) is 1. The highest BCUT2D eigenvalue weighted by atomic mass is 16.5. The lowest BCUT2D eigenvalue weighted by Crippen LogP contribution is -2.12. The van der Waals surface area contributed by atoms with E-state index in [2.05, 4.69) is 17.4 Å². The molecule has 5 heteroatoms. The van der Waals surface area contributed by atoms with Crippen molar-refractivity contribution in [2.45, 2.75) is 33.6 Å². The number of hydrogen-bond acceptors (Lipinski definition) is 4. The molecule has 0 bridgehead atoms. The Hall–Kier alpha value is -3.08. The van der Waals surface area contributed by atoms with Crippen LogP contribution in [0.4, 0.5) is 5.69 Å². The van der Waals surface area contributed by atoms with Crippen molar-refractivity contribution in [3.8, 4) is 17.1 Å². The average Bonchev–Trinajstić information content (AvgIpc) is 3.16. The summed E-state index contributed by atoms with van der Waals surface area (Å²) in [5.74, 6) is 1.06. The third-order valence-electron chi connectivity index (χ3n) is 4.41. The Bertz CT molecular complexity index is 914. The Morgan fingerprint density at radius 1 is 1.07 bits per heavy atom. The first kappa shape index (κ1) is 18.7. The highest BCUT2D eigenvalue weighted by Crippen LogP contribution is 2.24. The van der Waals surface area contributed by atoms with Gasteiger partial charge in [-0.3, -0.25) is 4.79 Å². The number of aromatic nitrogens is 1. The fraction of sp³-hybridized carbons (Fsp3) is 0.273. The van der Waals surface area contributed by atoms with E-state index in [0.717, 1.165) is 35.4 Å². The van der Waals surface area contributed by atoms with E-state index in [-0.39, 0.29) is 11.6 Å². The molecule has 1 heterocycles. The van der Waals surface area contributed by atoms with Gasteiger partial charge in [0.1, 0.15) is 5.75 Å². The molecular formula is C22H24N2O3. The predicted octanol–water partition coefficient (Wildman–Crippen LogP) is 5.39. The Labute approximate surface area is 159 Å². The van der Waals surface area contributed by atoms with Gasteiger partial charge in [0, 0.05) is 17.3 Å². The molecule has 1 amide bonds. The molecule has 0 fully saturated rings. The minimum atomic E-state index is -0.298. The highest BCUT2D eigenvalue weighted by molar-refractivity contribution is 6.03. The lowest BCUT2D eigenvalue weighted by Gasteiger charge is -2.06. The Kier molecular flexibility index (Phi) is 5.91. The topological polar surface area (TPSA) is 64.4 Å². The first-order chi connectivity index (χ1) is 13.1. The van der Waals surface area contributed by atoms with Gasteiger partial charge in [0.15, 0.2) is 11.5 Å². The largest absolute Gasteiger partial charge is 0.494 e. The second-order valence-electron chi connectivity index (χ2n) is 6.56. The van der Waals surface area contributed by atoms with Gasteiger partial charge in [-0.1, -0.05) is 24.6 Å². The van der Waals surface area contributed by atoms with Crippen molar-refractivity contribution in [2.24, 2.45) is 0 Å². The number of ether oxygens (including phenoxy) is 1. The van der Waals surface area contributed by atoms with E-state index in [9.17, 15) is 4.79 Å². The molecule has 140 valence electrons. The molecule has 0 saturated heterocycles. The van der Waals surface area contributed by atoms with E-state index in [1.54, 1.807) is 6.07 Å². The Morgan fingerprint density at radius 3 is 2.56 bits per heavy atom. The van der Waals surface area contributed by atoms with Crippen LogP contribution in [0.5, 0.6) is 5.75 Å². The minimum Gasteiger partial charge on any atom is -0.494 e. The summed E-state index contributed by atoms with van der Waals surface area (Å²) in [6.45, 7) is 6.88. The van der Waals surface area contributed by atoms with Crippen molar-refractivity contribution in [3.05, 3.63) is 65.4 Å². The molecule has 2 aromatic carbocycles. The van der Waals surface area contributed by atoms with Crippen LogP contribution in [-0.2, 0) is 0 Å². The monoisotopic (exact) mass is 364 g/mol. The number of carbonyl (C=O) groups excluding carboxylic acids is 1. The van der Waals surface area contributed by atoms with Gasteiger partial charge in [-0.2, -0.15) is 0 Å². The van der Waals surface area contributed by atoms with Crippen molar-refractivity contribution in [3.63, 3.8) is 0 Å². The number of nitrogens with zero attached hydrogens (tertiary/aromatic N) is 1. The quantitative estimate of drug-likeness (QED) is 0.571. The van der Waals surface area contributed by atoms with Gasteiger partial charge in [0.25, 0.3) is 5.91 Å². The first-order valence-corrected chi connectivity index (χ1v) is 9.15. The molecule has 0 spiro atoms. The van der Waals surface area contributed by atoms with E-state index >= 15 is 0 Å². The number of benzene rings is 2. The number of unbranched alkanes of at least 4 members (excludes halogenated alkanes) is 1. The van der Waals surface area contributed by atoms with Crippen LogP contribution in [0.25, 0.3) is 11.3 Å². The van der Waals surface area contributed by atoms with Crippen molar-refractivity contribution in [2.75, 3.05) is 11.9 Å². The second kappa shape index (κ2) is 8.54. The molecule has 0 radical (unpaired) electrons. The highest BCUT2D eigenvalue weighted by Gasteiger charge is 2.14. The maximum atomic E-state index is 12.4. The molecule has 1 N–H and O–H groups in total. The normalized spacial score (nSPS) is 10.6. The third-order valence-corrected chi connectivity index (χ3v) is 4.41. The van der Waals surface area contributed by atoms with Gasteiger partial charge in [-0.05, 0) is 67.8 Å². The van der Waals surface area contributed by atoms with Gasteiger partial charge < -0.3 is 14.6 Å². The number of hydrogen-bond donors (Lipinski definition) is 1. The Balaban J connectivity index is 1.66. The third kappa shape index (κ3) is 4.76. The number of anilines is 1. The van der Waals surface area contributed by atoms with Crippen LogP contribution in [0.1, 0.15) is 41.4 Å². The van der Waals surface area contributed by atoms with Crippen LogP contribution < -0.4 is 10.1 Å². The number of carbonyl (C=O) groups is 1.